The SMILES string of the molecule is Cc1cccc(C(C(=O)Nc2ccc3ccccc3c2)N(C(=O)CNC(=O)OC(C)(C)C)C(C)(C)C)c1O. The molecule has 8 nitrogen and oxygen atoms in total. The molecule has 3 amide bonds. The fourth-order valence-electron chi connectivity index (χ4n) is 4.23. The number of aryl methyl sites for hydroxylation is 1. The molecule has 0 aromatic heterocycles. The van der Waals surface area contributed by atoms with Gasteiger partial charge in [0.05, 0.1) is 0 Å². The predicted octanol–water partition coefficient (Wildman–Crippen LogP) is 5.69. The average Bonchev–Trinajstić information content (AvgIpc) is 2.81. The third-order valence-corrected chi connectivity index (χ3v) is 5.86. The van der Waals surface area contributed by atoms with Crippen molar-refractivity contribution >= 4 is 34.4 Å². The fraction of sp³-hybridized carbons (Fsp3) is 0.367. The second-order valence-electron chi connectivity index (χ2n) is 11.3. The maximum atomic E-state index is 13.9. The molecule has 0 saturated carbocycles. The maximum Gasteiger partial charge on any atom is 0.408 e. The number of carbonyl (C=O) groups excluding carboxylic acids is 3. The molecule has 0 heterocycles. The number of anilines is 1. The monoisotopic (exact) mass is 519 g/mol. The third kappa shape index (κ3) is 7.03. The highest BCUT2D eigenvalue weighted by Gasteiger charge is 2.40. The molecule has 0 aliphatic rings. The molecule has 202 valence electrons. The predicted molar refractivity (Wildman–Crippen MR) is 149 cm³/mol. The van der Waals surface area contributed by atoms with Crippen LogP contribution in [0.25, 0.3) is 10.8 Å². The van der Waals surface area contributed by atoms with Gasteiger partial charge in [-0.3, -0.25) is 9.59 Å². The van der Waals surface area contributed by atoms with Crippen LogP contribution in [0.4, 0.5) is 10.5 Å². The summed E-state index contributed by atoms with van der Waals surface area (Å²) in [6, 6.07) is 17.2. The highest BCUT2D eigenvalue weighted by molar-refractivity contribution is 6.00. The summed E-state index contributed by atoms with van der Waals surface area (Å²) in [5.41, 5.74) is -0.178. The lowest BCUT2D eigenvalue weighted by molar-refractivity contribution is -0.144. The fourth-order valence-corrected chi connectivity index (χ4v) is 4.23. The van der Waals surface area contributed by atoms with Crippen molar-refractivity contribution in [1.82, 2.24) is 10.2 Å². The van der Waals surface area contributed by atoms with E-state index in [9.17, 15) is 19.5 Å². The van der Waals surface area contributed by atoms with Crippen LogP contribution in [0.5, 0.6) is 5.75 Å². The first-order chi connectivity index (χ1) is 17.7. The van der Waals surface area contributed by atoms with Gasteiger partial charge in [0.15, 0.2) is 0 Å². The highest BCUT2D eigenvalue weighted by Crippen LogP contribution is 2.36. The molecule has 3 N–H and O–H groups in total. The van der Waals surface area contributed by atoms with Crippen LogP contribution in [0, 0.1) is 6.92 Å². The standard InChI is InChI=1S/C30H37N3O5/c1-19-11-10-14-23(26(19)35)25(27(36)32-22-16-15-20-12-8-9-13-21(20)17-22)33(29(2,3)4)24(34)18-31-28(37)38-30(5,6)7/h8-17,25,35H,18H2,1-7H3,(H,31,37)(H,32,36). The Balaban J connectivity index is 2.00. The normalized spacial score (nSPS) is 12.5. The smallest absolute Gasteiger partial charge is 0.408 e. The van der Waals surface area contributed by atoms with Gasteiger partial charge in [-0.1, -0.05) is 48.5 Å². The van der Waals surface area contributed by atoms with Crippen LogP contribution < -0.4 is 10.6 Å². The molecule has 0 fully saturated rings. The van der Waals surface area contributed by atoms with Crippen molar-refractivity contribution in [3.63, 3.8) is 0 Å². The van der Waals surface area contributed by atoms with E-state index in [0.717, 1.165) is 10.8 Å². The van der Waals surface area contributed by atoms with E-state index in [-0.39, 0.29) is 11.3 Å². The number of rotatable bonds is 6. The zero-order valence-corrected chi connectivity index (χ0v) is 23.1. The number of hydrogen-bond acceptors (Lipinski definition) is 5. The molecule has 0 saturated heterocycles. The minimum Gasteiger partial charge on any atom is -0.507 e. The second kappa shape index (κ2) is 11.1. The number of carbonyl (C=O) groups is 3. The summed E-state index contributed by atoms with van der Waals surface area (Å²) >= 11 is 0. The van der Waals surface area contributed by atoms with Gasteiger partial charge in [0.2, 0.25) is 5.91 Å². The van der Waals surface area contributed by atoms with Gasteiger partial charge in [-0.15, -0.1) is 0 Å². The van der Waals surface area contributed by atoms with Crippen molar-refractivity contribution in [2.24, 2.45) is 0 Å². The van der Waals surface area contributed by atoms with E-state index in [1.165, 1.54) is 4.90 Å². The zero-order chi connectivity index (χ0) is 28.3. The van der Waals surface area contributed by atoms with E-state index >= 15 is 0 Å². The van der Waals surface area contributed by atoms with Crippen molar-refractivity contribution in [3.05, 3.63) is 71.8 Å². The van der Waals surface area contributed by atoms with Crippen molar-refractivity contribution in [2.75, 3.05) is 11.9 Å². The molecule has 3 aromatic carbocycles. The van der Waals surface area contributed by atoms with Gasteiger partial charge in [0.25, 0.3) is 5.91 Å². The first kappa shape index (κ1) is 28.5. The Morgan fingerprint density at radius 2 is 1.58 bits per heavy atom. The topological polar surface area (TPSA) is 108 Å². The summed E-state index contributed by atoms with van der Waals surface area (Å²) in [6.07, 6.45) is -0.740. The van der Waals surface area contributed by atoms with Gasteiger partial charge < -0.3 is 25.4 Å². The zero-order valence-electron chi connectivity index (χ0n) is 23.1. The highest BCUT2D eigenvalue weighted by atomic mass is 16.6. The third-order valence-electron chi connectivity index (χ3n) is 5.86. The summed E-state index contributed by atoms with van der Waals surface area (Å²) in [7, 11) is 0. The van der Waals surface area contributed by atoms with Gasteiger partial charge in [0.1, 0.15) is 23.9 Å². The lowest BCUT2D eigenvalue weighted by atomic mass is 9.94. The number of nitrogens with zero attached hydrogens (tertiary/aromatic N) is 1. The summed E-state index contributed by atoms with van der Waals surface area (Å²) in [5.74, 6) is -1.09. The minimum absolute atomic E-state index is 0.0756. The largest absolute Gasteiger partial charge is 0.507 e. The number of alkyl carbamates (subject to hydrolysis) is 1. The first-order valence-electron chi connectivity index (χ1n) is 12.5. The Bertz CT molecular complexity index is 1340. The van der Waals surface area contributed by atoms with E-state index in [2.05, 4.69) is 10.6 Å². The summed E-state index contributed by atoms with van der Waals surface area (Å²) in [5, 5.41) is 18.3. The quantitative estimate of drug-likeness (QED) is 0.388. The van der Waals surface area contributed by atoms with E-state index in [1.807, 2.05) is 36.4 Å². The van der Waals surface area contributed by atoms with Crippen molar-refractivity contribution < 1.29 is 24.2 Å². The Labute approximate surface area is 224 Å². The summed E-state index contributed by atoms with van der Waals surface area (Å²) < 4.78 is 5.25. The lowest BCUT2D eigenvalue weighted by Gasteiger charge is -2.41. The number of nitrogens with one attached hydrogen (secondary N) is 2. The summed E-state index contributed by atoms with van der Waals surface area (Å²) in [6.45, 7) is 11.9. The molecular weight excluding hydrogens is 482 g/mol. The van der Waals surface area contributed by atoms with Crippen LogP contribution in [-0.2, 0) is 14.3 Å². The van der Waals surface area contributed by atoms with Crippen LogP contribution in [0.3, 0.4) is 0 Å². The van der Waals surface area contributed by atoms with Crippen molar-refractivity contribution in [2.45, 2.75) is 65.6 Å². The lowest BCUT2D eigenvalue weighted by Crippen LogP contribution is -2.54. The Hall–Kier alpha value is -4.07. The van der Waals surface area contributed by atoms with Crippen molar-refractivity contribution in [3.8, 4) is 5.75 Å². The van der Waals surface area contributed by atoms with Gasteiger partial charge >= 0.3 is 6.09 Å². The Morgan fingerprint density at radius 1 is 0.921 bits per heavy atom. The van der Waals surface area contributed by atoms with E-state index in [0.29, 0.717) is 11.3 Å². The van der Waals surface area contributed by atoms with Gasteiger partial charge in [-0.25, -0.2) is 4.79 Å². The second-order valence-corrected chi connectivity index (χ2v) is 11.3. The van der Waals surface area contributed by atoms with Crippen LogP contribution in [0.15, 0.2) is 60.7 Å². The van der Waals surface area contributed by atoms with Crippen LogP contribution in [0.1, 0.15) is 58.7 Å². The maximum absolute atomic E-state index is 13.9. The summed E-state index contributed by atoms with van der Waals surface area (Å²) in [4.78, 5) is 41.1. The van der Waals surface area contributed by atoms with Crippen LogP contribution in [0.2, 0.25) is 0 Å². The van der Waals surface area contributed by atoms with Crippen LogP contribution >= 0.6 is 0 Å². The molecule has 38 heavy (non-hydrogen) atoms. The average molecular weight is 520 g/mol. The number of benzene rings is 3. The van der Waals surface area contributed by atoms with E-state index in [4.69, 9.17) is 4.74 Å². The molecule has 0 radical (unpaired) electrons. The van der Waals surface area contributed by atoms with E-state index < -0.39 is 41.6 Å². The Morgan fingerprint density at radius 3 is 2.21 bits per heavy atom. The molecule has 0 aliphatic carbocycles. The molecule has 8 heteroatoms. The van der Waals surface area contributed by atoms with Gasteiger partial charge in [-0.2, -0.15) is 0 Å². The van der Waals surface area contributed by atoms with E-state index in [1.54, 1.807) is 72.7 Å². The number of ether oxygens (including phenoxy) is 1. The number of phenols is 1. The van der Waals surface area contributed by atoms with Crippen molar-refractivity contribution in [1.29, 1.82) is 0 Å². The molecule has 1 unspecified atom stereocenters. The number of hydrogen-bond donors (Lipinski definition) is 3. The van der Waals surface area contributed by atoms with Gasteiger partial charge in [0, 0.05) is 16.8 Å². The van der Waals surface area contributed by atoms with Gasteiger partial charge in [-0.05, 0) is 76.9 Å². The molecular formula is C30H37N3O5. The number of aromatic hydroxyl groups is 1. The molecule has 0 aliphatic heterocycles. The molecule has 0 spiro atoms. The molecule has 3 rings (SSSR count). The molecule has 1 atom stereocenters. The number of phenolic OH excluding ortho intramolecular Hbond substituents is 1. The number of fused-ring (bicyclic) bond motifs is 1. The minimum atomic E-state index is -1.19. The first-order valence-corrected chi connectivity index (χ1v) is 12.5. The number of amides is 3. The molecule has 3 aromatic rings. The number of para-hydroxylation sites is 1. The Kier molecular flexibility index (Phi) is 8.35. The molecule has 0 bridgehead atoms. The van der Waals surface area contributed by atoms with Crippen LogP contribution in [-0.4, -0.2) is 45.6 Å².